The molecule has 0 atom stereocenters. The van der Waals surface area contributed by atoms with Crippen molar-refractivity contribution in [1.82, 2.24) is 4.98 Å². The number of aromatic nitrogens is 1. The normalized spacial score (nSPS) is 10.2. The largest absolute Gasteiger partial charge is 0.464 e. The highest BCUT2D eigenvalue weighted by atomic mass is 16.5. The van der Waals surface area contributed by atoms with Crippen molar-refractivity contribution in [2.75, 3.05) is 7.11 Å². The van der Waals surface area contributed by atoms with E-state index in [2.05, 4.69) is 9.72 Å². The van der Waals surface area contributed by atoms with Crippen LogP contribution in [0.15, 0.2) is 24.3 Å². The molecule has 1 aromatic carbocycles. The molecule has 0 unspecified atom stereocenters. The van der Waals surface area contributed by atoms with Crippen LogP contribution in [0, 0.1) is 0 Å². The summed E-state index contributed by atoms with van der Waals surface area (Å²) in [5.74, 6) is -0.449. The predicted molar refractivity (Wildman–Crippen MR) is 60.9 cm³/mol. The zero-order valence-corrected chi connectivity index (χ0v) is 9.44. The van der Waals surface area contributed by atoms with Gasteiger partial charge in [0.25, 0.3) is 0 Å². The number of ether oxygens (including phenoxy) is 2. The smallest absolute Gasteiger partial charge is 0.354 e. The Kier molecular flexibility index (Phi) is 2.82. The molecule has 0 fully saturated rings. The first kappa shape index (κ1) is 11.2. The van der Waals surface area contributed by atoms with Crippen molar-refractivity contribution in [3.8, 4) is 5.75 Å². The molecule has 0 radical (unpaired) electrons. The molecule has 5 nitrogen and oxygen atoms in total. The third-order valence-electron chi connectivity index (χ3n) is 2.28. The number of benzene rings is 1. The molecule has 0 aliphatic heterocycles. The van der Waals surface area contributed by atoms with E-state index >= 15 is 0 Å². The molecule has 0 saturated carbocycles. The quantitative estimate of drug-likeness (QED) is 0.635. The van der Waals surface area contributed by atoms with Gasteiger partial charge < -0.3 is 14.5 Å². The van der Waals surface area contributed by atoms with Crippen LogP contribution in [0.4, 0.5) is 0 Å². The van der Waals surface area contributed by atoms with Gasteiger partial charge in [0.2, 0.25) is 0 Å². The molecule has 0 amide bonds. The fourth-order valence-corrected chi connectivity index (χ4v) is 1.59. The lowest BCUT2D eigenvalue weighted by Crippen LogP contribution is -2.01. The Morgan fingerprint density at radius 1 is 1.29 bits per heavy atom. The minimum atomic E-state index is -0.463. The minimum Gasteiger partial charge on any atom is -0.464 e. The zero-order chi connectivity index (χ0) is 12.4. The van der Waals surface area contributed by atoms with Crippen LogP contribution in [0.2, 0.25) is 0 Å². The summed E-state index contributed by atoms with van der Waals surface area (Å²) in [4.78, 5) is 25.2. The Balaban J connectivity index is 2.52. The van der Waals surface area contributed by atoms with E-state index in [1.54, 1.807) is 24.3 Å². The molecule has 1 heterocycles. The maximum atomic E-state index is 11.4. The average Bonchev–Trinajstić information content (AvgIpc) is 2.72. The lowest BCUT2D eigenvalue weighted by molar-refractivity contribution is -0.131. The van der Waals surface area contributed by atoms with E-state index in [1.165, 1.54) is 14.0 Å². The van der Waals surface area contributed by atoms with Gasteiger partial charge in [-0.3, -0.25) is 4.79 Å². The van der Waals surface area contributed by atoms with Crippen molar-refractivity contribution in [3.63, 3.8) is 0 Å². The predicted octanol–water partition coefficient (Wildman–Crippen LogP) is 1.88. The number of hydrogen-bond acceptors (Lipinski definition) is 4. The van der Waals surface area contributed by atoms with Crippen molar-refractivity contribution in [2.45, 2.75) is 6.92 Å². The number of hydrogen-bond donors (Lipinski definition) is 1. The summed E-state index contributed by atoms with van der Waals surface area (Å²) in [6.45, 7) is 1.33. The van der Waals surface area contributed by atoms with Gasteiger partial charge in [0.15, 0.2) is 0 Å². The summed E-state index contributed by atoms with van der Waals surface area (Å²) in [6.07, 6.45) is 0. The minimum absolute atomic E-state index is 0.321. The van der Waals surface area contributed by atoms with E-state index in [9.17, 15) is 9.59 Å². The van der Waals surface area contributed by atoms with E-state index in [1.807, 2.05) is 0 Å². The second-order valence-electron chi connectivity index (χ2n) is 3.49. The molecule has 17 heavy (non-hydrogen) atoms. The Morgan fingerprint density at radius 3 is 2.71 bits per heavy atom. The van der Waals surface area contributed by atoms with Gasteiger partial charge in [0, 0.05) is 17.8 Å². The third-order valence-corrected chi connectivity index (χ3v) is 2.28. The molecule has 0 spiro atoms. The summed E-state index contributed by atoms with van der Waals surface area (Å²) < 4.78 is 9.65. The molecule has 0 aliphatic carbocycles. The SMILES string of the molecule is COC(=O)c1cc2c(OC(C)=O)cccc2[nH]1. The molecular weight excluding hydrogens is 222 g/mol. The number of nitrogens with one attached hydrogen (secondary N) is 1. The highest BCUT2D eigenvalue weighted by Crippen LogP contribution is 2.26. The Hall–Kier alpha value is -2.30. The number of esters is 2. The number of fused-ring (bicyclic) bond motifs is 1. The summed E-state index contributed by atoms with van der Waals surface area (Å²) in [7, 11) is 1.31. The third kappa shape index (κ3) is 2.13. The van der Waals surface area contributed by atoms with Crippen LogP contribution in [-0.2, 0) is 9.53 Å². The van der Waals surface area contributed by atoms with E-state index in [0.29, 0.717) is 22.3 Å². The lowest BCUT2D eigenvalue weighted by atomic mass is 10.2. The van der Waals surface area contributed by atoms with Crippen LogP contribution in [-0.4, -0.2) is 24.0 Å². The van der Waals surface area contributed by atoms with Crippen molar-refractivity contribution in [3.05, 3.63) is 30.0 Å². The number of rotatable bonds is 2. The van der Waals surface area contributed by atoms with Crippen molar-refractivity contribution in [2.24, 2.45) is 0 Å². The molecular formula is C12H11NO4. The van der Waals surface area contributed by atoms with E-state index in [-0.39, 0.29) is 0 Å². The molecule has 2 aromatic rings. The fourth-order valence-electron chi connectivity index (χ4n) is 1.59. The van der Waals surface area contributed by atoms with Gasteiger partial charge in [-0.1, -0.05) is 6.07 Å². The lowest BCUT2D eigenvalue weighted by Gasteiger charge is -2.01. The zero-order valence-electron chi connectivity index (χ0n) is 9.44. The molecule has 1 N–H and O–H groups in total. The Bertz CT molecular complexity index is 585. The second-order valence-corrected chi connectivity index (χ2v) is 3.49. The van der Waals surface area contributed by atoms with Gasteiger partial charge in [-0.05, 0) is 18.2 Å². The molecule has 1 aromatic heterocycles. The van der Waals surface area contributed by atoms with Gasteiger partial charge >= 0.3 is 11.9 Å². The first-order chi connectivity index (χ1) is 8.11. The highest BCUT2D eigenvalue weighted by Gasteiger charge is 2.12. The van der Waals surface area contributed by atoms with Crippen LogP contribution in [0.3, 0.4) is 0 Å². The number of carbonyl (C=O) groups excluding carboxylic acids is 2. The molecule has 2 rings (SSSR count). The van der Waals surface area contributed by atoms with Gasteiger partial charge in [-0.15, -0.1) is 0 Å². The number of aromatic amines is 1. The molecule has 0 saturated heterocycles. The second kappa shape index (κ2) is 4.29. The summed E-state index contributed by atoms with van der Waals surface area (Å²) >= 11 is 0. The summed E-state index contributed by atoms with van der Waals surface area (Å²) in [5, 5.41) is 0.670. The molecule has 0 aliphatic rings. The van der Waals surface area contributed by atoms with Crippen molar-refractivity contribution >= 4 is 22.8 Å². The van der Waals surface area contributed by atoms with Gasteiger partial charge in [0.05, 0.1) is 7.11 Å². The number of carbonyl (C=O) groups is 2. The number of H-pyrrole nitrogens is 1. The van der Waals surface area contributed by atoms with E-state index in [4.69, 9.17) is 4.74 Å². The number of methoxy groups -OCH3 is 1. The van der Waals surface area contributed by atoms with E-state index in [0.717, 1.165) is 0 Å². The average molecular weight is 233 g/mol. The maximum Gasteiger partial charge on any atom is 0.354 e. The maximum absolute atomic E-state index is 11.4. The van der Waals surface area contributed by atoms with Crippen LogP contribution >= 0.6 is 0 Å². The summed E-state index contributed by atoms with van der Waals surface area (Å²) in [5.41, 5.74) is 1.03. The van der Waals surface area contributed by atoms with Gasteiger partial charge in [-0.25, -0.2) is 4.79 Å². The van der Waals surface area contributed by atoms with Gasteiger partial charge in [0.1, 0.15) is 11.4 Å². The van der Waals surface area contributed by atoms with Crippen LogP contribution in [0.25, 0.3) is 10.9 Å². The van der Waals surface area contributed by atoms with Crippen molar-refractivity contribution < 1.29 is 19.1 Å². The molecule has 88 valence electrons. The Labute approximate surface area is 97.3 Å². The highest BCUT2D eigenvalue weighted by molar-refractivity contribution is 5.97. The van der Waals surface area contributed by atoms with Crippen molar-refractivity contribution in [1.29, 1.82) is 0 Å². The summed E-state index contributed by atoms with van der Waals surface area (Å²) in [6, 6.07) is 6.78. The van der Waals surface area contributed by atoms with Crippen LogP contribution < -0.4 is 4.74 Å². The fraction of sp³-hybridized carbons (Fsp3) is 0.167. The first-order valence-corrected chi connectivity index (χ1v) is 5.00. The Morgan fingerprint density at radius 2 is 2.06 bits per heavy atom. The molecule has 0 bridgehead atoms. The first-order valence-electron chi connectivity index (χ1n) is 5.00. The standard InChI is InChI=1S/C12H11NO4/c1-7(14)17-11-5-3-4-9-8(11)6-10(13-9)12(15)16-2/h3-6,13H,1-2H3. The van der Waals surface area contributed by atoms with Gasteiger partial charge in [-0.2, -0.15) is 0 Å². The molecule has 5 heteroatoms. The topological polar surface area (TPSA) is 68.4 Å². The van der Waals surface area contributed by atoms with Crippen LogP contribution in [0.1, 0.15) is 17.4 Å². The van der Waals surface area contributed by atoms with Crippen LogP contribution in [0.5, 0.6) is 5.75 Å². The monoisotopic (exact) mass is 233 g/mol. The van der Waals surface area contributed by atoms with E-state index < -0.39 is 11.9 Å².